The van der Waals surface area contributed by atoms with E-state index >= 15 is 0 Å². The Morgan fingerprint density at radius 1 is 0.800 bits per heavy atom. The van der Waals surface area contributed by atoms with Crippen molar-refractivity contribution in [3.05, 3.63) is 35.9 Å². The molecule has 2 aliphatic heterocycles. The van der Waals surface area contributed by atoms with Crippen LogP contribution in [0, 0.1) is 0 Å². The fourth-order valence-corrected chi connectivity index (χ4v) is 3.99. The summed E-state index contributed by atoms with van der Waals surface area (Å²) in [6.07, 6.45) is -1.37. The van der Waals surface area contributed by atoms with Crippen LogP contribution in [0.1, 0.15) is 18.6 Å². The van der Waals surface area contributed by atoms with E-state index in [0.29, 0.717) is 13.2 Å². The highest BCUT2D eigenvalue weighted by Crippen LogP contribution is 2.35. The van der Waals surface area contributed by atoms with Gasteiger partial charge in [0.1, 0.15) is 26.3 Å². The molecule has 4 amide bonds. The highest BCUT2D eigenvalue weighted by Gasteiger charge is 2.58. The molecule has 166 valence electrons. The van der Waals surface area contributed by atoms with Crippen LogP contribution in [0.2, 0.25) is 0 Å². The van der Waals surface area contributed by atoms with E-state index < -0.39 is 12.3 Å². The van der Waals surface area contributed by atoms with Gasteiger partial charge in [-0.25, -0.2) is 9.59 Å². The maximum atomic E-state index is 13.2. The number of hydrogen-bond acceptors (Lipinski definition) is 6. The van der Waals surface area contributed by atoms with Gasteiger partial charge in [-0.3, -0.25) is 14.7 Å². The van der Waals surface area contributed by atoms with Crippen molar-refractivity contribution >= 4 is 12.1 Å². The molecule has 10 heteroatoms. The van der Waals surface area contributed by atoms with Gasteiger partial charge in [-0.15, -0.1) is 0 Å². The van der Waals surface area contributed by atoms with Crippen LogP contribution in [0.3, 0.4) is 0 Å². The molecule has 0 N–H and O–H groups in total. The van der Waals surface area contributed by atoms with Gasteiger partial charge in [-0.2, -0.15) is 0 Å². The second-order valence-corrected chi connectivity index (χ2v) is 7.07. The van der Waals surface area contributed by atoms with E-state index in [1.54, 1.807) is 16.9 Å². The highest BCUT2D eigenvalue weighted by molar-refractivity contribution is 5.85. The first-order valence-corrected chi connectivity index (χ1v) is 9.86. The first-order valence-electron chi connectivity index (χ1n) is 9.86. The minimum absolute atomic E-state index is 0.00768. The third-order valence-corrected chi connectivity index (χ3v) is 5.31. The predicted octanol–water partition coefficient (Wildman–Crippen LogP) is 1.70. The maximum Gasteiger partial charge on any atom is 0.327 e. The molecule has 0 saturated carbocycles. The minimum atomic E-state index is -0.543. The van der Waals surface area contributed by atoms with Gasteiger partial charge in [0.25, 0.3) is 0 Å². The summed E-state index contributed by atoms with van der Waals surface area (Å²) >= 11 is 0. The van der Waals surface area contributed by atoms with Crippen molar-refractivity contribution in [1.29, 1.82) is 0 Å². The second kappa shape index (κ2) is 10.1. The minimum Gasteiger partial charge on any atom is -0.382 e. The van der Waals surface area contributed by atoms with Crippen LogP contribution < -0.4 is 0 Å². The van der Waals surface area contributed by atoms with Gasteiger partial charge in [-0.05, 0) is 12.5 Å². The number of benzene rings is 1. The third kappa shape index (κ3) is 4.08. The summed E-state index contributed by atoms with van der Waals surface area (Å²) in [6, 6.07) is 9.23. The standard InChI is InChI=1S/C20H30N4O6/c1-5-21-17-18(23(13-29-4)20(26)22(17)12-28-3)24(19(21)25)14-30-16(11-27-2)15-9-7-6-8-10-15/h6-10,16-18H,5,11-14H2,1-4H3. The Kier molecular flexibility index (Phi) is 7.48. The lowest BCUT2D eigenvalue weighted by Crippen LogP contribution is -2.48. The number of carbonyl (C=O) groups is 2. The summed E-state index contributed by atoms with van der Waals surface area (Å²) < 4.78 is 21.9. The number of urea groups is 2. The summed E-state index contributed by atoms with van der Waals surface area (Å²) in [5, 5.41) is 0. The molecule has 30 heavy (non-hydrogen) atoms. The lowest BCUT2D eigenvalue weighted by atomic mass is 10.1. The van der Waals surface area contributed by atoms with Crippen molar-refractivity contribution in [2.24, 2.45) is 0 Å². The Balaban J connectivity index is 1.84. The molecule has 2 heterocycles. The van der Waals surface area contributed by atoms with Gasteiger partial charge in [0, 0.05) is 27.9 Å². The van der Waals surface area contributed by atoms with Crippen molar-refractivity contribution in [2.45, 2.75) is 25.4 Å². The molecule has 0 spiro atoms. The van der Waals surface area contributed by atoms with Crippen molar-refractivity contribution < 1.29 is 28.5 Å². The average Bonchev–Trinajstić information content (AvgIpc) is 3.18. The van der Waals surface area contributed by atoms with Crippen molar-refractivity contribution in [2.75, 3.05) is 54.7 Å². The topological polar surface area (TPSA) is 84.0 Å². The molecular formula is C20H30N4O6. The van der Waals surface area contributed by atoms with E-state index in [-0.39, 0.29) is 38.4 Å². The van der Waals surface area contributed by atoms with Gasteiger partial charge in [0.2, 0.25) is 0 Å². The summed E-state index contributed by atoms with van der Waals surface area (Å²) in [7, 11) is 4.64. The number of nitrogens with zero attached hydrogens (tertiary/aromatic N) is 4. The Hall–Kier alpha value is -2.40. The number of ether oxygens (including phenoxy) is 4. The number of fused-ring (bicyclic) bond motifs is 1. The van der Waals surface area contributed by atoms with Gasteiger partial charge >= 0.3 is 12.1 Å². The molecule has 3 unspecified atom stereocenters. The fourth-order valence-electron chi connectivity index (χ4n) is 3.99. The zero-order chi connectivity index (χ0) is 21.7. The third-order valence-electron chi connectivity index (χ3n) is 5.31. The number of methoxy groups -OCH3 is 3. The SMILES string of the molecule is CCN1C(=O)N(COC(COC)c2ccccc2)C2C1N(COC)C(=O)N2COC. The molecule has 3 atom stereocenters. The first-order chi connectivity index (χ1) is 14.6. The number of rotatable bonds is 11. The van der Waals surface area contributed by atoms with Gasteiger partial charge in [0.15, 0.2) is 12.3 Å². The molecule has 0 radical (unpaired) electrons. The first kappa shape index (κ1) is 22.3. The number of carbonyl (C=O) groups excluding carboxylic acids is 2. The summed E-state index contributed by atoms with van der Waals surface area (Å²) in [4.78, 5) is 32.4. The second-order valence-electron chi connectivity index (χ2n) is 7.07. The lowest BCUT2D eigenvalue weighted by Gasteiger charge is -2.30. The van der Waals surface area contributed by atoms with Gasteiger partial charge < -0.3 is 23.8 Å². The normalized spacial score (nSPS) is 22.3. The molecule has 2 fully saturated rings. The molecule has 0 bridgehead atoms. The van der Waals surface area contributed by atoms with E-state index in [1.807, 2.05) is 37.3 Å². The van der Waals surface area contributed by atoms with Gasteiger partial charge in [0.05, 0.1) is 6.61 Å². The van der Waals surface area contributed by atoms with E-state index in [0.717, 1.165) is 5.56 Å². The zero-order valence-corrected chi connectivity index (χ0v) is 17.9. The Bertz CT molecular complexity index is 721. The van der Waals surface area contributed by atoms with Crippen LogP contribution in [0.4, 0.5) is 9.59 Å². The fraction of sp³-hybridized carbons (Fsp3) is 0.600. The Morgan fingerprint density at radius 2 is 1.33 bits per heavy atom. The molecule has 1 aromatic carbocycles. The van der Waals surface area contributed by atoms with Crippen LogP contribution in [-0.2, 0) is 18.9 Å². The Labute approximate surface area is 176 Å². The van der Waals surface area contributed by atoms with E-state index in [2.05, 4.69) is 0 Å². The molecule has 3 rings (SSSR count). The number of likely N-dealkylation sites (N-methyl/N-ethyl adjacent to an activating group) is 1. The monoisotopic (exact) mass is 422 g/mol. The van der Waals surface area contributed by atoms with E-state index in [1.165, 1.54) is 24.0 Å². The van der Waals surface area contributed by atoms with E-state index in [4.69, 9.17) is 18.9 Å². The van der Waals surface area contributed by atoms with Gasteiger partial charge in [-0.1, -0.05) is 30.3 Å². The molecule has 0 aromatic heterocycles. The van der Waals surface area contributed by atoms with Crippen LogP contribution in [-0.4, -0.2) is 98.7 Å². The van der Waals surface area contributed by atoms with Crippen LogP contribution in [0.15, 0.2) is 30.3 Å². The smallest absolute Gasteiger partial charge is 0.327 e. The molecule has 1 aromatic rings. The van der Waals surface area contributed by atoms with Crippen LogP contribution in [0.5, 0.6) is 0 Å². The molecule has 2 saturated heterocycles. The quantitative estimate of drug-likeness (QED) is 0.540. The summed E-state index contributed by atoms with van der Waals surface area (Å²) in [5.74, 6) is 0. The average molecular weight is 422 g/mol. The summed E-state index contributed by atoms with van der Waals surface area (Å²) in [5.41, 5.74) is 0.951. The molecule has 0 aliphatic carbocycles. The Morgan fingerprint density at radius 3 is 1.87 bits per heavy atom. The van der Waals surface area contributed by atoms with Crippen molar-refractivity contribution in [3.63, 3.8) is 0 Å². The lowest BCUT2D eigenvalue weighted by molar-refractivity contribution is -0.0667. The largest absolute Gasteiger partial charge is 0.382 e. The molecule has 2 aliphatic rings. The number of hydrogen-bond donors (Lipinski definition) is 0. The molecular weight excluding hydrogens is 392 g/mol. The van der Waals surface area contributed by atoms with Crippen molar-refractivity contribution in [1.82, 2.24) is 19.6 Å². The summed E-state index contributed by atoms with van der Waals surface area (Å²) in [6.45, 7) is 2.81. The predicted molar refractivity (Wildman–Crippen MR) is 107 cm³/mol. The van der Waals surface area contributed by atoms with Crippen LogP contribution in [0.25, 0.3) is 0 Å². The molecule has 10 nitrogen and oxygen atoms in total. The number of amides is 4. The zero-order valence-electron chi connectivity index (χ0n) is 17.9. The highest BCUT2D eigenvalue weighted by atomic mass is 16.5. The van der Waals surface area contributed by atoms with Crippen molar-refractivity contribution in [3.8, 4) is 0 Å². The maximum absolute atomic E-state index is 13.2. The van der Waals surface area contributed by atoms with Crippen LogP contribution >= 0.6 is 0 Å². The van der Waals surface area contributed by atoms with E-state index in [9.17, 15) is 9.59 Å².